The predicted octanol–water partition coefficient (Wildman–Crippen LogP) is 4.08. The molecule has 3 nitrogen and oxygen atoms in total. The van der Waals surface area contributed by atoms with Gasteiger partial charge in [-0.3, -0.25) is 0 Å². The minimum Gasteiger partial charge on any atom is -0.334 e. The van der Waals surface area contributed by atoms with Gasteiger partial charge in [0.05, 0.1) is 4.88 Å². The molecular weight excluding hydrogens is 244 g/mol. The predicted molar refractivity (Wildman–Crippen MR) is 72.5 cm³/mol. The number of nitrogens with zero attached hydrogens (tertiary/aromatic N) is 2. The molecule has 0 spiro atoms. The Kier molecular flexibility index (Phi) is 2.72. The Labute approximate surface area is 109 Å². The summed E-state index contributed by atoms with van der Waals surface area (Å²) in [7, 11) is 0. The first-order chi connectivity index (χ1) is 8.72. The molecule has 0 atom stereocenters. The minimum atomic E-state index is 0.566. The van der Waals surface area contributed by atoms with Crippen LogP contribution in [-0.4, -0.2) is 10.1 Å². The average molecular weight is 256 g/mol. The molecular formula is C14H12N2OS. The molecule has 18 heavy (non-hydrogen) atoms. The van der Waals surface area contributed by atoms with Crippen LogP contribution in [0.3, 0.4) is 0 Å². The standard InChI is InChI=1S/C14H12N2OS/c1-9-3-6-11(7-4-9)14-15-13(16-17-14)12-8-5-10(2)18-12/h3-8H,1-2H3. The van der Waals surface area contributed by atoms with Crippen molar-refractivity contribution in [2.24, 2.45) is 0 Å². The summed E-state index contributed by atoms with van der Waals surface area (Å²) in [5.74, 6) is 1.22. The molecule has 2 heterocycles. The van der Waals surface area contributed by atoms with Crippen molar-refractivity contribution in [3.63, 3.8) is 0 Å². The third-order valence-electron chi connectivity index (χ3n) is 2.69. The molecule has 0 saturated heterocycles. The Morgan fingerprint density at radius 2 is 1.78 bits per heavy atom. The number of benzene rings is 1. The molecule has 0 aliphatic carbocycles. The van der Waals surface area contributed by atoms with Gasteiger partial charge in [0, 0.05) is 10.4 Å². The molecule has 1 aromatic carbocycles. The van der Waals surface area contributed by atoms with Crippen molar-refractivity contribution in [3.8, 4) is 22.2 Å². The van der Waals surface area contributed by atoms with Crippen LogP contribution in [0.5, 0.6) is 0 Å². The molecule has 4 heteroatoms. The van der Waals surface area contributed by atoms with Crippen LogP contribution in [0, 0.1) is 13.8 Å². The van der Waals surface area contributed by atoms with Gasteiger partial charge < -0.3 is 4.52 Å². The van der Waals surface area contributed by atoms with Gasteiger partial charge in [-0.25, -0.2) is 0 Å². The summed E-state index contributed by atoms with van der Waals surface area (Å²) in [4.78, 5) is 6.71. The molecule has 0 saturated carbocycles. The molecule has 0 aliphatic heterocycles. The average Bonchev–Trinajstić information content (AvgIpc) is 2.98. The first kappa shape index (κ1) is 11.2. The van der Waals surface area contributed by atoms with E-state index in [1.54, 1.807) is 11.3 Å². The number of hydrogen-bond donors (Lipinski definition) is 0. The number of aryl methyl sites for hydroxylation is 2. The largest absolute Gasteiger partial charge is 0.334 e. The first-order valence-corrected chi connectivity index (χ1v) is 6.51. The van der Waals surface area contributed by atoms with Crippen LogP contribution in [0.4, 0.5) is 0 Å². The van der Waals surface area contributed by atoms with E-state index < -0.39 is 0 Å². The highest BCUT2D eigenvalue weighted by Crippen LogP contribution is 2.27. The quantitative estimate of drug-likeness (QED) is 0.693. The maximum Gasteiger partial charge on any atom is 0.258 e. The summed E-state index contributed by atoms with van der Waals surface area (Å²) < 4.78 is 5.30. The van der Waals surface area contributed by atoms with Gasteiger partial charge in [0.25, 0.3) is 5.89 Å². The lowest BCUT2D eigenvalue weighted by Gasteiger charge is -1.94. The monoisotopic (exact) mass is 256 g/mol. The maximum atomic E-state index is 5.30. The lowest BCUT2D eigenvalue weighted by atomic mass is 10.1. The zero-order chi connectivity index (χ0) is 12.5. The fraction of sp³-hybridized carbons (Fsp3) is 0.143. The van der Waals surface area contributed by atoms with E-state index >= 15 is 0 Å². The molecule has 0 aliphatic rings. The highest BCUT2D eigenvalue weighted by molar-refractivity contribution is 7.15. The van der Waals surface area contributed by atoms with Gasteiger partial charge in [-0.05, 0) is 38.1 Å². The summed E-state index contributed by atoms with van der Waals surface area (Å²) in [6.07, 6.45) is 0. The molecule has 0 amide bonds. The molecule has 2 aromatic heterocycles. The second-order valence-corrected chi connectivity index (χ2v) is 5.49. The SMILES string of the molecule is Cc1ccc(-c2nc(-c3ccc(C)s3)no2)cc1. The molecule has 3 rings (SSSR count). The van der Waals surface area contributed by atoms with E-state index in [9.17, 15) is 0 Å². The van der Waals surface area contributed by atoms with Gasteiger partial charge in [-0.1, -0.05) is 22.9 Å². The molecule has 90 valence electrons. The van der Waals surface area contributed by atoms with Gasteiger partial charge >= 0.3 is 0 Å². The van der Waals surface area contributed by atoms with Crippen LogP contribution in [0.2, 0.25) is 0 Å². The van der Waals surface area contributed by atoms with Crippen molar-refractivity contribution in [2.45, 2.75) is 13.8 Å². The van der Waals surface area contributed by atoms with Crippen LogP contribution < -0.4 is 0 Å². The van der Waals surface area contributed by atoms with E-state index in [1.165, 1.54) is 10.4 Å². The summed E-state index contributed by atoms with van der Waals surface area (Å²) in [6.45, 7) is 4.12. The van der Waals surface area contributed by atoms with Crippen LogP contribution >= 0.6 is 11.3 Å². The smallest absolute Gasteiger partial charge is 0.258 e. The number of thiophene rings is 1. The number of rotatable bonds is 2. The Bertz CT molecular complexity index is 667. The highest BCUT2D eigenvalue weighted by atomic mass is 32.1. The molecule has 0 N–H and O–H groups in total. The van der Waals surface area contributed by atoms with Crippen molar-refractivity contribution in [1.29, 1.82) is 0 Å². The fourth-order valence-corrected chi connectivity index (χ4v) is 2.48. The first-order valence-electron chi connectivity index (χ1n) is 5.70. The normalized spacial score (nSPS) is 10.8. The van der Waals surface area contributed by atoms with Crippen molar-refractivity contribution < 1.29 is 4.52 Å². The van der Waals surface area contributed by atoms with Gasteiger partial charge in [0.15, 0.2) is 0 Å². The van der Waals surface area contributed by atoms with E-state index in [2.05, 4.69) is 30.1 Å². The zero-order valence-corrected chi connectivity index (χ0v) is 11.0. The lowest BCUT2D eigenvalue weighted by molar-refractivity contribution is 0.432. The van der Waals surface area contributed by atoms with Crippen LogP contribution in [0.1, 0.15) is 10.4 Å². The van der Waals surface area contributed by atoms with Crippen LogP contribution in [0.15, 0.2) is 40.9 Å². The zero-order valence-electron chi connectivity index (χ0n) is 10.2. The van der Waals surface area contributed by atoms with E-state index in [0.717, 1.165) is 10.4 Å². The summed E-state index contributed by atoms with van der Waals surface area (Å²) >= 11 is 1.67. The van der Waals surface area contributed by atoms with Gasteiger partial charge in [0.1, 0.15) is 0 Å². The number of hydrogen-bond acceptors (Lipinski definition) is 4. The van der Waals surface area contributed by atoms with Crippen molar-refractivity contribution >= 4 is 11.3 Å². The summed E-state index contributed by atoms with van der Waals surface area (Å²) in [6, 6.07) is 12.1. The third-order valence-corrected chi connectivity index (χ3v) is 3.68. The van der Waals surface area contributed by atoms with Gasteiger partial charge in [0.2, 0.25) is 5.82 Å². The summed E-state index contributed by atoms with van der Waals surface area (Å²) in [5, 5.41) is 4.02. The van der Waals surface area contributed by atoms with Crippen molar-refractivity contribution in [3.05, 3.63) is 46.8 Å². The fourth-order valence-electron chi connectivity index (χ4n) is 1.69. The molecule has 0 unspecified atom stereocenters. The van der Waals surface area contributed by atoms with Crippen LogP contribution in [-0.2, 0) is 0 Å². The van der Waals surface area contributed by atoms with E-state index in [-0.39, 0.29) is 0 Å². The van der Waals surface area contributed by atoms with Gasteiger partial charge in [-0.2, -0.15) is 4.98 Å². The number of aromatic nitrogens is 2. The van der Waals surface area contributed by atoms with Crippen molar-refractivity contribution in [2.75, 3.05) is 0 Å². The molecule has 0 bridgehead atoms. The molecule has 0 fully saturated rings. The van der Waals surface area contributed by atoms with Crippen molar-refractivity contribution in [1.82, 2.24) is 10.1 Å². The maximum absolute atomic E-state index is 5.30. The second-order valence-electron chi connectivity index (χ2n) is 4.20. The van der Waals surface area contributed by atoms with E-state index in [1.807, 2.05) is 30.3 Å². The van der Waals surface area contributed by atoms with E-state index in [4.69, 9.17) is 4.52 Å². The second kappa shape index (κ2) is 4.38. The lowest BCUT2D eigenvalue weighted by Crippen LogP contribution is -1.79. The minimum absolute atomic E-state index is 0.566. The third kappa shape index (κ3) is 2.07. The Hall–Kier alpha value is -1.94. The topological polar surface area (TPSA) is 38.9 Å². The molecule has 0 radical (unpaired) electrons. The Balaban J connectivity index is 1.96. The van der Waals surface area contributed by atoms with Gasteiger partial charge in [-0.15, -0.1) is 11.3 Å². The summed E-state index contributed by atoms with van der Waals surface area (Å²) in [5.41, 5.74) is 2.17. The Morgan fingerprint density at radius 1 is 1.00 bits per heavy atom. The highest BCUT2D eigenvalue weighted by Gasteiger charge is 2.11. The molecule has 3 aromatic rings. The van der Waals surface area contributed by atoms with E-state index in [0.29, 0.717) is 11.7 Å². The van der Waals surface area contributed by atoms with Crippen LogP contribution in [0.25, 0.3) is 22.2 Å². The Morgan fingerprint density at radius 3 is 2.44 bits per heavy atom.